The van der Waals surface area contributed by atoms with E-state index >= 15 is 0 Å². The zero-order valence-corrected chi connectivity index (χ0v) is 32.3. The highest BCUT2D eigenvalue weighted by Gasteiger charge is 2.31. The van der Waals surface area contributed by atoms with Crippen LogP contribution in [0.1, 0.15) is 67.7 Å². The highest BCUT2D eigenvalue weighted by molar-refractivity contribution is 7.99. The fraction of sp³-hybridized carbons (Fsp3) is 0.553. The molecule has 2 aromatic carbocycles. The lowest BCUT2D eigenvalue weighted by Crippen LogP contribution is -2.29. The Morgan fingerprint density at radius 1 is 1.00 bits per heavy atom. The van der Waals surface area contributed by atoms with Gasteiger partial charge >= 0.3 is 6.18 Å². The monoisotopic (exact) mass is 728 g/mol. The maximum atomic E-state index is 15.0. The summed E-state index contributed by atoms with van der Waals surface area (Å²) in [5.41, 5.74) is 1.36. The molecule has 0 unspecified atom stereocenters. The van der Waals surface area contributed by atoms with Crippen molar-refractivity contribution >= 4 is 22.8 Å². The van der Waals surface area contributed by atoms with Crippen LogP contribution in [-0.2, 0) is 6.54 Å². The van der Waals surface area contributed by atoms with Crippen molar-refractivity contribution in [2.45, 2.75) is 85.3 Å². The van der Waals surface area contributed by atoms with Crippen molar-refractivity contribution in [3.05, 3.63) is 59.6 Å². The first-order chi connectivity index (χ1) is 23.9. The van der Waals surface area contributed by atoms with Gasteiger partial charge in [-0.05, 0) is 84.2 Å². The summed E-state index contributed by atoms with van der Waals surface area (Å²) in [6.45, 7) is 17.6. The van der Waals surface area contributed by atoms with Crippen molar-refractivity contribution in [2.24, 2.45) is 0 Å². The Hall–Kier alpha value is -3.09. The molecule has 0 atom stereocenters. The number of imidazole rings is 1. The van der Waals surface area contributed by atoms with Gasteiger partial charge in [-0.2, -0.15) is 13.2 Å². The lowest BCUT2D eigenvalue weighted by atomic mass is 10.1. The van der Waals surface area contributed by atoms with E-state index in [1.807, 2.05) is 38.6 Å². The molecular formula is C38H57F5N4O2S. The number of benzene rings is 2. The number of rotatable bonds is 18. The second kappa shape index (κ2) is 23.4. The van der Waals surface area contributed by atoms with E-state index in [0.717, 1.165) is 67.2 Å². The number of nitrogens with zero attached hydrogens (tertiary/aromatic N) is 4. The van der Waals surface area contributed by atoms with Gasteiger partial charge in [0.15, 0.2) is 0 Å². The Kier molecular flexibility index (Phi) is 21.0. The number of allylic oxidation sites excluding steroid dienone is 4. The summed E-state index contributed by atoms with van der Waals surface area (Å²) in [6.07, 6.45) is 0.337. The molecule has 282 valence electrons. The number of ether oxygens (including phenoxy) is 2. The summed E-state index contributed by atoms with van der Waals surface area (Å²) in [4.78, 5) is 10.2. The third kappa shape index (κ3) is 13.9. The van der Waals surface area contributed by atoms with E-state index in [1.165, 1.54) is 19.9 Å². The van der Waals surface area contributed by atoms with E-state index in [4.69, 9.17) is 14.5 Å². The Bertz CT molecular complexity index is 1490. The summed E-state index contributed by atoms with van der Waals surface area (Å²) in [6, 6.07) is 8.30. The summed E-state index contributed by atoms with van der Waals surface area (Å²) in [5, 5.41) is 0. The van der Waals surface area contributed by atoms with Crippen molar-refractivity contribution < 1.29 is 31.4 Å². The van der Waals surface area contributed by atoms with Gasteiger partial charge in [-0.3, -0.25) is 4.39 Å². The normalized spacial score (nSPS) is 12.2. The lowest BCUT2D eigenvalue weighted by Gasteiger charge is -2.21. The molecule has 0 saturated carbocycles. The van der Waals surface area contributed by atoms with Crippen LogP contribution in [0.25, 0.3) is 22.4 Å². The fourth-order valence-electron chi connectivity index (χ4n) is 5.02. The fourth-order valence-corrected chi connectivity index (χ4v) is 6.18. The average Bonchev–Trinajstić information content (AvgIpc) is 3.44. The first kappa shape index (κ1) is 44.9. The largest absolute Gasteiger partial charge is 0.491 e. The zero-order chi connectivity index (χ0) is 37.9. The van der Waals surface area contributed by atoms with Crippen LogP contribution in [0.3, 0.4) is 0 Å². The molecule has 0 spiro atoms. The van der Waals surface area contributed by atoms with E-state index in [-0.39, 0.29) is 11.6 Å². The summed E-state index contributed by atoms with van der Waals surface area (Å²) < 4.78 is 78.8. The molecule has 0 bridgehead atoms. The lowest BCUT2D eigenvalue weighted by molar-refractivity contribution is -0.0885. The summed E-state index contributed by atoms with van der Waals surface area (Å²) >= 11 is 1.57. The molecule has 12 heteroatoms. The van der Waals surface area contributed by atoms with Crippen molar-refractivity contribution in [1.29, 1.82) is 0 Å². The molecule has 0 N–H and O–H groups in total. The van der Waals surface area contributed by atoms with Crippen LogP contribution in [0.2, 0.25) is 0 Å². The number of aromatic nitrogens is 2. The molecule has 0 radical (unpaired) electrons. The van der Waals surface area contributed by atoms with Gasteiger partial charge in [0.05, 0.1) is 23.8 Å². The third-order valence-electron chi connectivity index (χ3n) is 7.44. The molecule has 0 aliphatic heterocycles. The first-order valence-corrected chi connectivity index (χ1v) is 18.3. The van der Waals surface area contributed by atoms with E-state index in [9.17, 15) is 22.0 Å². The van der Waals surface area contributed by atoms with Crippen LogP contribution < -0.4 is 9.47 Å². The van der Waals surface area contributed by atoms with Gasteiger partial charge in [-0.25, -0.2) is 9.37 Å². The summed E-state index contributed by atoms with van der Waals surface area (Å²) in [7, 11) is 4.51. The van der Waals surface area contributed by atoms with Crippen molar-refractivity contribution in [2.75, 3.05) is 59.8 Å². The smallest absolute Gasteiger partial charge is 0.416 e. The Morgan fingerprint density at radius 3 is 2.28 bits per heavy atom. The molecule has 0 fully saturated rings. The van der Waals surface area contributed by atoms with Gasteiger partial charge in [0.25, 0.3) is 0 Å². The van der Waals surface area contributed by atoms with Gasteiger partial charge in [0.2, 0.25) is 0 Å². The number of alkyl halides is 4. The van der Waals surface area contributed by atoms with Crippen LogP contribution in [0, 0.1) is 5.82 Å². The van der Waals surface area contributed by atoms with Crippen LogP contribution in [0.4, 0.5) is 22.0 Å². The molecular weight excluding hydrogens is 672 g/mol. The third-order valence-corrected chi connectivity index (χ3v) is 8.45. The quantitative estimate of drug-likeness (QED) is 0.0562. The van der Waals surface area contributed by atoms with E-state index in [2.05, 4.69) is 30.6 Å². The van der Waals surface area contributed by atoms with Crippen LogP contribution in [0.15, 0.2) is 58.7 Å². The average molecular weight is 729 g/mol. The topological polar surface area (TPSA) is 42.8 Å². The number of fused-ring (bicyclic) bond motifs is 1. The SMILES string of the molecule is C/C=C(\C=C(/C)Oc1ccc(-c2nc3c(SCCN(C)C)cc(F)cc3n2CCCC)c(OCCN(CC)CCC)c1)C(F)(F)F.CC.CF. The second-order valence-corrected chi connectivity index (χ2v) is 12.5. The molecule has 50 heavy (non-hydrogen) atoms. The summed E-state index contributed by atoms with van der Waals surface area (Å²) in [5.74, 6) is 2.04. The van der Waals surface area contributed by atoms with Gasteiger partial charge in [0, 0.05) is 36.3 Å². The van der Waals surface area contributed by atoms with Crippen LogP contribution in [0.5, 0.6) is 11.5 Å². The van der Waals surface area contributed by atoms with Gasteiger partial charge < -0.3 is 23.8 Å². The number of hydrogen-bond acceptors (Lipinski definition) is 6. The minimum absolute atomic E-state index is 0.0919. The Balaban J connectivity index is 0.00000301. The molecule has 3 rings (SSSR count). The maximum Gasteiger partial charge on any atom is 0.416 e. The maximum absolute atomic E-state index is 15.0. The highest BCUT2D eigenvalue weighted by Crippen LogP contribution is 2.38. The predicted molar refractivity (Wildman–Crippen MR) is 200 cm³/mol. The molecule has 1 aromatic heterocycles. The van der Waals surface area contributed by atoms with Gasteiger partial charge in [-0.1, -0.05) is 47.1 Å². The number of aryl methyl sites for hydroxylation is 1. The Morgan fingerprint density at radius 2 is 1.70 bits per heavy atom. The molecule has 1 heterocycles. The molecule has 0 saturated heterocycles. The molecule has 0 aliphatic carbocycles. The number of hydrogen-bond donors (Lipinski definition) is 0. The minimum atomic E-state index is -4.48. The molecule has 0 amide bonds. The van der Waals surface area contributed by atoms with Crippen molar-refractivity contribution in [3.8, 4) is 22.9 Å². The second-order valence-electron chi connectivity index (χ2n) is 11.4. The van der Waals surface area contributed by atoms with E-state index < -0.39 is 11.7 Å². The minimum Gasteiger partial charge on any atom is -0.491 e. The number of halogens is 5. The molecule has 0 aliphatic rings. The molecule has 6 nitrogen and oxygen atoms in total. The van der Waals surface area contributed by atoms with E-state index in [1.54, 1.807) is 30.0 Å². The van der Waals surface area contributed by atoms with Crippen molar-refractivity contribution in [3.63, 3.8) is 0 Å². The number of thioether (sulfide) groups is 1. The predicted octanol–water partition coefficient (Wildman–Crippen LogP) is 10.8. The number of likely N-dealkylation sites (N-methyl/N-ethyl adjacent to an activating group) is 1. The van der Waals surface area contributed by atoms with Gasteiger partial charge in [-0.15, -0.1) is 11.8 Å². The molecule has 3 aromatic rings. The zero-order valence-electron chi connectivity index (χ0n) is 31.5. The van der Waals surface area contributed by atoms with Gasteiger partial charge in [0.1, 0.15) is 41.0 Å². The van der Waals surface area contributed by atoms with E-state index in [0.29, 0.717) is 55.3 Å². The van der Waals surface area contributed by atoms with Crippen LogP contribution in [-0.4, -0.2) is 85.3 Å². The van der Waals surface area contributed by atoms with Crippen LogP contribution >= 0.6 is 11.8 Å². The standard InChI is InChI=1S/C35H48F4N4O2S.C2H6.CH3F/c1-8-12-16-43-30-22-27(36)23-32(46-20-18-41(6)7)33(30)40-34(43)29-14-13-28(45-25(5)21-26(10-3)35(37,38)39)24-31(29)44-19-17-42(11-4)15-9-2;2*1-2/h10,13-14,21-24H,8-9,11-12,15-20H2,1-7H3;1-2H3;1H3/b25-21+,26-10+;;. The number of unbranched alkanes of at least 4 members (excludes halogenated alkanes) is 1. The highest BCUT2D eigenvalue weighted by atomic mass is 32.2. The van der Waals surface area contributed by atoms with Crippen molar-refractivity contribution in [1.82, 2.24) is 19.4 Å². The Labute approximate surface area is 300 Å². The first-order valence-electron chi connectivity index (χ1n) is 17.4.